The van der Waals surface area contributed by atoms with E-state index >= 15 is 4.79 Å². The number of carbonyl (C=O) groups is 6. The summed E-state index contributed by atoms with van der Waals surface area (Å²) in [6.07, 6.45) is -22.5. The number of aliphatic hydroxyl groups excluding tert-OH is 1. The SMILES string of the molecule is COC(=O)C1(OC2C(O)C(COCc3ccccc3)OC(OC3C(COCc4ccccc4)OC(OCc4ccccc4)C(OCc4ccccc4)C3OCc3ccccc3)C2OCc2ccccc2)CC(OC(C)=O)C(NC(C)=O)C([C@H](OC(C)=O)[C@@H](COC(C)=O)OC(C)=O)O1. The zero-order valence-electron chi connectivity index (χ0n) is 55.5. The summed E-state index contributed by atoms with van der Waals surface area (Å²) in [6.45, 7) is 4.13. The van der Waals surface area contributed by atoms with E-state index in [-0.39, 0.29) is 52.9 Å². The number of aliphatic hydroxyl groups is 1. The first-order chi connectivity index (χ1) is 47.4. The maximum absolute atomic E-state index is 15.3. The summed E-state index contributed by atoms with van der Waals surface area (Å²) in [7, 11) is 1.01. The minimum atomic E-state index is -2.91. The molecule has 3 saturated heterocycles. The molecule has 14 unspecified atom stereocenters. The predicted octanol–water partition coefficient (Wildman–Crippen LogP) is 7.50. The lowest BCUT2D eigenvalue weighted by Gasteiger charge is -2.52. The first-order valence-electron chi connectivity index (χ1n) is 32.3. The highest BCUT2D eigenvalue weighted by Crippen LogP contribution is 2.42. The monoisotopic (exact) mass is 1360 g/mol. The Morgan fingerprint density at radius 3 is 1.37 bits per heavy atom. The molecule has 0 aromatic heterocycles. The van der Waals surface area contributed by atoms with Crippen LogP contribution >= 0.6 is 0 Å². The Kier molecular flexibility index (Phi) is 27.9. The number of ether oxygens (including phenoxy) is 16. The third kappa shape index (κ3) is 21.3. The van der Waals surface area contributed by atoms with E-state index in [1.54, 1.807) is 24.3 Å². The van der Waals surface area contributed by atoms with Gasteiger partial charge in [-0.2, -0.15) is 0 Å². The molecular formula is C74H85NO23. The Morgan fingerprint density at radius 1 is 0.500 bits per heavy atom. The van der Waals surface area contributed by atoms with Gasteiger partial charge < -0.3 is 86.2 Å². The lowest BCUT2D eigenvalue weighted by atomic mass is 9.87. The second-order valence-electron chi connectivity index (χ2n) is 23.8. The summed E-state index contributed by atoms with van der Waals surface area (Å²) in [5.41, 5.74) is 4.68. The standard InChI is InChI=1S/C74H85NO23/c1-47(76)75-62-58(91-49(3)78)37-74(73(82)83-6,97-66(62)64(93-51(5)80)61(92-50(4)79)46-86-48(2)77)98-67-63(81)59(44-84-38-52-25-13-7-14-26-52)94-72(69(67)88-41-55-31-19-10-20-32-55)96-65-60(45-85-39-53-27-15-8-16-28-53)95-71(90-43-57-35-23-12-24-36-57)70(89-42-56-33-21-11-22-34-56)68(65)87-40-54-29-17-9-18-30-54/h7-36,58-72,81H,37-46H2,1-6H3,(H,75,76)/t58?,59?,60?,61-,62?,63?,64-,65?,66?,67?,68?,69?,70?,71?,72?,74?/m1/s1. The number of amides is 1. The van der Waals surface area contributed by atoms with Gasteiger partial charge in [0.15, 0.2) is 24.8 Å². The number of nitrogens with one attached hydrogen (secondary N) is 1. The van der Waals surface area contributed by atoms with Crippen molar-refractivity contribution in [3.63, 3.8) is 0 Å². The van der Waals surface area contributed by atoms with Crippen LogP contribution in [0.1, 0.15) is 74.4 Å². The highest BCUT2D eigenvalue weighted by molar-refractivity contribution is 5.79. The molecule has 98 heavy (non-hydrogen) atoms. The maximum atomic E-state index is 15.3. The number of hydrogen-bond acceptors (Lipinski definition) is 23. The van der Waals surface area contributed by atoms with Crippen LogP contribution in [0.15, 0.2) is 182 Å². The molecule has 0 aliphatic carbocycles. The molecule has 524 valence electrons. The summed E-state index contributed by atoms with van der Waals surface area (Å²) in [6, 6.07) is 54.7. The fourth-order valence-electron chi connectivity index (χ4n) is 11.8. The van der Waals surface area contributed by atoms with E-state index in [1.165, 1.54) is 0 Å². The van der Waals surface area contributed by atoms with Crippen LogP contribution in [0, 0.1) is 0 Å². The van der Waals surface area contributed by atoms with E-state index in [1.807, 2.05) is 158 Å². The number of methoxy groups -OCH3 is 1. The zero-order valence-corrected chi connectivity index (χ0v) is 55.5. The summed E-state index contributed by atoms with van der Waals surface area (Å²) in [4.78, 5) is 80.7. The van der Waals surface area contributed by atoms with Crippen LogP contribution < -0.4 is 5.32 Å². The van der Waals surface area contributed by atoms with Crippen molar-refractivity contribution in [3.05, 3.63) is 215 Å². The van der Waals surface area contributed by atoms with Gasteiger partial charge in [0.25, 0.3) is 5.79 Å². The van der Waals surface area contributed by atoms with Crippen LogP contribution in [-0.2, 0) is 144 Å². The third-order valence-corrected chi connectivity index (χ3v) is 16.2. The minimum absolute atomic E-state index is 0.0100. The third-order valence-electron chi connectivity index (χ3n) is 16.2. The highest BCUT2D eigenvalue weighted by Gasteiger charge is 2.63. The zero-order chi connectivity index (χ0) is 69.4. The summed E-state index contributed by atoms with van der Waals surface area (Å²) < 4.78 is 105. The normalized spacial score (nSPS) is 25.9. The van der Waals surface area contributed by atoms with Crippen LogP contribution in [0.5, 0.6) is 0 Å². The van der Waals surface area contributed by atoms with Gasteiger partial charge in [-0.15, -0.1) is 0 Å². The number of esters is 5. The lowest BCUT2D eigenvalue weighted by Crippen LogP contribution is -2.72. The van der Waals surface area contributed by atoms with E-state index in [9.17, 15) is 29.1 Å². The van der Waals surface area contributed by atoms with Gasteiger partial charge in [-0.3, -0.25) is 24.0 Å². The number of carbonyl (C=O) groups excluding carboxylic acids is 6. The van der Waals surface area contributed by atoms with Gasteiger partial charge in [-0.05, 0) is 33.4 Å². The van der Waals surface area contributed by atoms with E-state index in [0.29, 0.717) is 5.56 Å². The Labute approximate surface area is 569 Å². The van der Waals surface area contributed by atoms with E-state index in [0.717, 1.165) is 69.5 Å². The van der Waals surface area contributed by atoms with Crippen molar-refractivity contribution in [1.82, 2.24) is 5.32 Å². The van der Waals surface area contributed by atoms with Crippen LogP contribution in [0.4, 0.5) is 0 Å². The molecule has 6 aromatic carbocycles. The van der Waals surface area contributed by atoms with Crippen molar-refractivity contribution >= 4 is 35.8 Å². The van der Waals surface area contributed by atoms with Crippen LogP contribution in [-0.4, -0.2) is 165 Å². The van der Waals surface area contributed by atoms with Crippen molar-refractivity contribution in [3.8, 4) is 0 Å². The minimum Gasteiger partial charge on any atom is -0.465 e. The summed E-state index contributed by atoms with van der Waals surface area (Å²) in [5.74, 6) is -8.66. The largest absolute Gasteiger partial charge is 0.465 e. The smallest absolute Gasteiger partial charge is 0.366 e. The molecule has 1 amide bonds. The molecule has 0 saturated carbocycles. The molecule has 24 nitrogen and oxygen atoms in total. The second kappa shape index (κ2) is 37.0. The molecule has 0 radical (unpaired) electrons. The molecule has 16 atom stereocenters. The van der Waals surface area contributed by atoms with Crippen LogP contribution in [0.25, 0.3) is 0 Å². The predicted molar refractivity (Wildman–Crippen MR) is 347 cm³/mol. The van der Waals surface area contributed by atoms with Gasteiger partial charge in [0, 0.05) is 34.6 Å². The summed E-state index contributed by atoms with van der Waals surface area (Å²) in [5, 5.41) is 15.9. The maximum Gasteiger partial charge on any atom is 0.366 e. The molecule has 3 aliphatic rings. The molecule has 3 heterocycles. The molecule has 9 rings (SSSR count). The van der Waals surface area contributed by atoms with Gasteiger partial charge in [0.05, 0.1) is 72.4 Å². The average molecular weight is 1360 g/mol. The van der Waals surface area contributed by atoms with Crippen molar-refractivity contribution in [1.29, 1.82) is 0 Å². The topological polar surface area (TPSA) is 282 Å². The van der Waals surface area contributed by atoms with Crippen LogP contribution in [0.3, 0.4) is 0 Å². The number of rotatable bonds is 33. The van der Waals surface area contributed by atoms with Crippen molar-refractivity contribution in [2.75, 3.05) is 26.9 Å². The van der Waals surface area contributed by atoms with E-state index in [2.05, 4.69) is 5.32 Å². The number of benzene rings is 6. The molecule has 0 spiro atoms. The Balaban J connectivity index is 1.21. The van der Waals surface area contributed by atoms with Crippen molar-refractivity contribution in [2.24, 2.45) is 0 Å². The van der Waals surface area contributed by atoms with Gasteiger partial charge in [0.1, 0.15) is 67.6 Å². The van der Waals surface area contributed by atoms with E-state index in [4.69, 9.17) is 75.8 Å². The Hall–Kier alpha value is -8.34. The lowest BCUT2D eigenvalue weighted by molar-refractivity contribution is -0.395. The van der Waals surface area contributed by atoms with Gasteiger partial charge >= 0.3 is 29.8 Å². The molecule has 3 fully saturated rings. The molecule has 6 aromatic rings. The van der Waals surface area contributed by atoms with Gasteiger partial charge in [-0.25, -0.2) is 4.79 Å². The molecule has 3 aliphatic heterocycles. The second-order valence-corrected chi connectivity index (χ2v) is 23.8. The van der Waals surface area contributed by atoms with Crippen molar-refractivity contribution in [2.45, 2.75) is 178 Å². The van der Waals surface area contributed by atoms with Crippen molar-refractivity contribution < 1.29 is 110 Å². The number of hydrogen-bond donors (Lipinski definition) is 2. The fraction of sp³-hybridized carbons (Fsp3) is 0.432. The van der Waals surface area contributed by atoms with Gasteiger partial charge in [-0.1, -0.05) is 182 Å². The molecule has 2 N–H and O–H groups in total. The summed E-state index contributed by atoms with van der Waals surface area (Å²) >= 11 is 0. The van der Waals surface area contributed by atoms with Gasteiger partial charge in [0.2, 0.25) is 5.91 Å². The Bertz CT molecular complexity index is 3430. The first-order valence-corrected chi connectivity index (χ1v) is 32.3. The molecule has 24 heteroatoms. The first kappa shape index (κ1) is 73.9. The quantitative estimate of drug-likeness (QED) is 0.0298. The molecule has 0 bridgehead atoms. The van der Waals surface area contributed by atoms with E-state index < -0.39 is 146 Å². The average Bonchev–Trinajstić information content (AvgIpc) is 0.747. The highest BCUT2D eigenvalue weighted by atomic mass is 16.8. The fourth-order valence-corrected chi connectivity index (χ4v) is 11.8. The molecular weight excluding hydrogens is 1270 g/mol. The Morgan fingerprint density at radius 2 is 0.929 bits per heavy atom. The van der Waals surface area contributed by atoms with Crippen LogP contribution in [0.2, 0.25) is 0 Å².